The molecular formula is C28H34N4O4. The van der Waals surface area contributed by atoms with Crippen molar-refractivity contribution in [2.75, 3.05) is 33.3 Å². The summed E-state index contributed by atoms with van der Waals surface area (Å²) in [5.41, 5.74) is 2.59. The van der Waals surface area contributed by atoms with Gasteiger partial charge in [-0.1, -0.05) is 30.3 Å². The summed E-state index contributed by atoms with van der Waals surface area (Å²) in [6, 6.07) is 14.9. The first-order valence-corrected chi connectivity index (χ1v) is 12.8. The van der Waals surface area contributed by atoms with Crippen LogP contribution in [0.2, 0.25) is 0 Å². The number of hydrogen-bond acceptors (Lipinski definition) is 5. The van der Waals surface area contributed by atoms with Crippen molar-refractivity contribution in [2.45, 2.75) is 44.3 Å². The van der Waals surface area contributed by atoms with Gasteiger partial charge in [-0.3, -0.25) is 19.3 Å². The first kappa shape index (κ1) is 24.3. The summed E-state index contributed by atoms with van der Waals surface area (Å²) in [6.07, 6.45) is 3.89. The van der Waals surface area contributed by atoms with Crippen LogP contribution in [-0.4, -0.2) is 66.9 Å². The maximum Gasteiger partial charge on any atom is 0.255 e. The third-order valence-corrected chi connectivity index (χ3v) is 7.47. The van der Waals surface area contributed by atoms with E-state index in [-0.39, 0.29) is 30.3 Å². The number of nitrogens with zero attached hydrogens (tertiary/aromatic N) is 2. The zero-order valence-corrected chi connectivity index (χ0v) is 20.7. The minimum absolute atomic E-state index is 0.0828. The number of ether oxygens (including phenoxy) is 1. The Labute approximate surface area is 212 Å². The summed E-state index contributed by atoms with van der Waals surface area (Å²) in [6.45, 7) is 3.44. The molecule has 8 heteroatoms. The van der Waals surface area contributed by atoms with Crippen molar-refractivity contribution in [3.8, 4) is 5.75 Å². The van der Waals surface area contributed by atoms with Crippen LogP contribution in [0.5, 0.6) is 5.75 Å². The first-order valence-electron chi connectivity index (χ1n) is 12.8. The highest BCUT2D eigenvalue weighted by Gasteiger charge is 2.47. The van der Waals surface area contributed by atoms with Crippen LogP contribution in [0.4, 0.5) is 0 Å². The summed E-state index contributed by atoms with van der Waals surface area (Å²) in [4.78, 5) is 42.5. The van der Waals surface area contributed by atoms with Gasteiger partial charge in [-0.2, -0.15) is 0 Å². The van der Waals surface area contributed by atoms with Crippen LogP contribution in [0.1, 0.15) is 53.2 Å². The molecule has 5 rings (SSSR count). The third kappa shape index (κ3) is 5.38. The van der Waals surface area contributed by atoms with E-state index in [0.717, 1.165) is 56.6 Å². The van der Waals surface area contributed by atoms with E-state index in [1.807, 2.05) is 30.3 Å². The second kappa shape index (κ2) is 10.7. The molecule has 0 aromatic heterocycles. The van der Waals surface area contributed by atoms with Gasteiger partial charge in [0.25, 0.3) is 5.91 Å². The zero-order valence-electron chi connectivity index (χ0n) is 20.7. The molecule has 0 spiro atoms. The number of fused-ring (bicyclic) bond motifs is 1. The third-order valence-electron chi connectivity index (χ3n) is 7.47. The van der Waals surface area contributed by atoms with Gasteiger partial charge < -0.3 is 20.3 Å². The summed E-state index contributed by atoms with van der Waals surface area (Å²) >= 11 is 0. The highest BCUT2D eigenvalue weighted by Crippen LogP contribution is 2.41. The number of hydrogen-bond donors (Lipinski definition) is 2. The molecule has 2 aromatic carbocycles. The highest BCUT2D eigenvalue weighted by atomic mass is 16.5. The predicted octanol–water partition coefficient (Wildman–Crippen LogP) is 2.50. The summed E-state index contributed by atoms with van der Waals surface area (Å²) in [7, 11) is 1.67. The Bertz CT molecular complexity index is 1110. The fraction of sp³-hybridized carbons (Fsp3) is 0.464. The Morgan fingerprint density at radius 1 is 0.972 bits per heavy atom. The Kier molecular flexibility index (Phi) is 7.23. The number of nitrogens with one attached hydrogen (secondary N) is 2. The monoisotopic (exact) mass is 490 g/mol. The van der Waals surface area contributed by atoms with Crippen LogP contribution in [0, 0.1) is 5.92 Å². The number of carbonyl (C=O) groups is 3. The average molecular weight is 491 g/mol. The Balaban J connectivity index is 1.05. The second-order valence-corrected chi connectivity index (χ2v) is 10.0. The molecule has 36 heavy (non-hydrogen) atoms. The lowest BCUT2D eigenvalue weighted by Crippen LogP contribution is -2.45. The van der Waals surface area contributed by atoms with Crippen LogP contribution in [-0.2, 0) is 16.1 Å². The number of carbonyl (C=O) groups excluding carboxylic acids is 3. The minimum Gasteiger partial charge on any atom is -0.497 e. The molecule has 8 nitrogen and oxygen atoms in total. The second-order valence-electron chi connectivity index (χ2n) is 10.0. The van der Waals surface area contributed by atoms with Gasteiger partial charge in [0.05, 0.1) is 13.7 Å². The van der Waals surface area contributed by atoms with Crippen molar-refractivity contribution in [2.24, 2.45) is 5.92 Å². The standard InChI is InChI=1S/C28H34N4O4/c1-36-22-10-6-20(7-11-22)18-31-14-12-19(13-15-31)16-29-25(33)17-30-27(34)26-23-4-2-3-5-24(23)28(35)32(26)21-8-9-21/h2-7,10-11,19,21,26H,8-9,12-18H2,1H3,(H,29,33)(H,30,34). The lowest BCUT2D eigenvalue weighted by atomic mass is 9.96. The molecule has 0 bridgehead atoms. The SMILES string of the molecule is COc1ccc(CN2CCC(CNC(=O)CNC(=O)C3c4ccccc4C(=O)N3C3CC3)CC2)cc1. The molecule has 1 unspecified atom stereocenters. The molecule has 2 aromatic rings. The van der Waals surface area contributed by atoms with Crippen LogP contribution < -0.4 is 15.4 Å². The first-order chi connectivity index (χ1) is 17.5. The molecule has 1 saturated carbocycles. The number of benzene rings is 2. The average Bonchev–Trinajstić information content (AvgIpc) is 3.71. The van der Waals surface area contributed by atoms with Gasteiger partial charge in [0.1, 0.15) is 11.8 Å². The summed E-state index contributed by atoms with van der Waals surface area (Å²) in [5, 5.41) is 5.75. The largest absolute Gasteiger partial charge is 0.497 e. The molecule has 2 aliphatic heterocycles. The molecule has 2 fully saturated rings. The van der Waals surface area contributed by atoms with E-state index < -0.39 is 6.04 Å². The van der Waals surface area contributed by atoms with Crippen molar-refractivity contribution in [1.29, 1.82) is 0 Å². The predicted molar refractivity (Wildman–Crippen MR) is 135 cm³/mol. The van der Waals surface area contributed by atoms with E-state index in [1.54, 1.807) is 18.1 Å². The molecule has 1 saturated heterocycles. The van der Waals surface area contributed by atoms with Crippen molar-refractivity contribution in [3.63, 3.8) is 0 Å². The minimum atomic E-state index is -0.649. The summed E-state index contributed by atoms with van der Waals surface area (Å²) in [5.74, 6) is 0.727. The van der Waals surface area contributed by atoms with Gasteiger partial charge in [0.2, 0.25) is 11.8 Å². The van der Waals surface area contributed by atoms with Crippen molar-refractivity contribution >= 4 is 17.7 Å². The van der Waals surface area contributed by atoms with Gasteiger partial charge in [-0.15, -0.1) is 0 Å². The van der Waals surface area contributed by atoms with E-state index in [9.17, 15) is 14.4 Å². The molecule has 3 amide bonds. The fourth-order valence-electron chi connectivity index (χ4n) is 5.26. The Hall–Kier alpha value is -3.39. The van der Waals surface area contributed by atoms with E-state index in [4.69, 9.17) is 4.74 Å². The maximum atomic E-state index is 13.0. The van der Waals surface area contributed by atoms with Gasteiger partial charge in [0.15, 0.2) is 0 Å². The van der Waals surface area contributed by atoms with Gasteiger partial charge in [0, 0.05) is 24.7 Å². The normalized spacial score (nSPS) is 20.2. The van der Waals surface area contributed by atoms with Crippen molar-refractivity contribution < 1.29 is 19.1 Å². The molecule has 3 aliphatic rings. The maximum absolute atomic E-state index is 13.0. The van der Waals surface area contributed by atoms with Crippen molar-refractivity contribution in [3.05, 3.63) is 65.2 Å². The Morgan fingerprint density at radius 2 is 1.69 bits per heavy atom. The molecule has 190 valence electrons. The summed E-state index contributed by atoms with van der Waals surface area (Å²) < 4.78 is 5.22. The quantitative estimate of drug-likeness (QED) is 0.564. The fourth-order valence-corrected chi connectivity index (χ4v) is 5.26. The van der Waals surface area contributed by atoms with Crippen LogP contribution >= 0.6 is 0 Å². The number of rotatable bonds is 9. The van der Waals surface area contributed by atoms with Crippen LogP contribution in [0.25, 0.3) is 0 Å². The van der Waals surface area contributed by atoms with Gasteiger partial charge >= 0.3 is 0 Å². The smallest absolute Gasteiger partial charge is 0.255 e. The molecule has 1 aliphatic carbocycles. The van der Waals surface area contributed by atoms with Gasteiger partial charge in [-0.25, -0.2) is 0 Å². The lowest BCUT2D eigenvalue weighted by molar-refractivity contribution is -0.129. The van der Waals surface area contributed by atoms with Crippen LogP contribution in [0.3, 0.4) is 0 Å². The van der Waals surface area contributed by atoms with Crippen molar-refractivity contribution in [1.82, 2.24) is 20.4 Å². The molecule has 1 atom stereocenters. The lowest BCUT2D eigenvalue weighted by Gasteiger charge is -2.32. The number of methoxy groups -OCH3 is 1. The zero-order chi connectivity index (χ0) is 25.1. The Morgan fingerprint density at radius 3 is 2.39 bits per heavy atom. The van der Waals surface area contributed by atoms with E-state index in [1.165, 1.54) is 5.56 Å². The molecular weight excluding hydrogens is 456 g/mol. The highest BCUT2D eigenvalue weighted by molar-refractivity contribution is 6.05. The molecule has 2 heterocycles. The molecule has 0 radical (unpaired) electrons. The van der Waals surface area contributed by atoms with Crippen LogP contribution in [0.15, 0.2) is 48.5 Å². The number of likely N-dealkylation sites (tertiary alicyclic amines) is 1. The van der Waals surface area contributed by atoms with Gasteiger partial charge in [-0.05, 0) is 74.0 Å². The molecule has 2 N–H and O–H groups in total. The topological polar surface area (TPSA) is 91.0 Å². The van der Waals surface area contributed by atoms with E-state index in [0.29, 0.717) is 18.0 Å². The number of piperidine rings is 1. The van der Waals surface area contributed by atoms with E-state index >= 15 is 0 Å². The van der Waals surface area contributed by atoms with E-state index in [2.05, 4.69) is 27.7 Å². The number of amides is 3.